The topological polar surface area (TPSA) is 69.8 Å². The van der Waals surface area contributed by atoms with Crippen molar-refractivity contribution in [1.82, 2.24) is 15.5 Å². The van der Waals surface area contributed by atoms with Gasteiger partial charge in [0.1, 0.15) is 5.82 Å². The third-order valence-electron chi connectivity index (χ3n) is 3.34. The first-order valence-corrected chi connectivity index (χ1v) is 6.53. The molecule has 1 amide bonds. The molecule has 0 radical (unpaired) electrons. The number of benzene rings is 1. The first kappa shape index (κ1) is 12.8. The third-order valence-corrected chi connectivity index (χ3v) is 3.34. The number of amides is 1. The number of hydrogen-bond donors (Lipinski definition) is 3. The molecule has 3 N–H and O–H groups in total. The van der Waals surface area contributed by atoms with Crippen LogP contribution < -0.4 is 10.6 Å². The van der Waals surface area contributed by atoms with Crippen LogP contribution >= 0.6 is 0 Å². The molecule has 2 heterocycles. The van der Waals surface area contributed by atoms with Crippen molar-refractivity contribution in [2.24, 2.45) is 0 Å². The second-order valence-electron chi connectivity index (χ2n) is 4.81. The Kier molecular flexibility index (Phi) is 3.47. The zero-order chi connectivity index (χ0) is 13.9. The Labute approximate surface area is 115 Å². The van der Waals surface area contributed by atoms with Crippen molar-refractivity contribution in [2.75, 3.05) is 11.9 Å². The molecule has 1 aliphatic rings. The van der Waals surface area contributed by atoms with Gasteiger partial charge in [0.05, 0.1) is 12.1 Å². The molecule has 5 nitrogen and oxygen atoms in total. The minimum Gasteiger partial charge on any atom is -0.311 e. The highest BCUT2D eigenvalue weighted by atomic mass is 19.1. The number of fused-ring (bicyclic) bond motifs is 1. The predicted molar refractivity (Wildman–Crippen MR) is 72.7 cm³/mol. The number of hydrogen-bond acceptors (Lipinski definition) is 3. The number of nitrogens with one attached hydrogen (secondary N) is 3. The fourth-order valence-corrected chi connectivity index (χ4v) is 2.31. The SMILES string of the molecule is O=C(Cc1ccc(F)cc1)Nc1n[nH]c2c1CCNC2. The van der Waals surface area contributed by atoms with Gasteiger partial charge in [-0.05, 0) is 30.7 Å². The molecule has 1 aromatic heterocycles. The molecule has 0 unspecified atom stereocenters. The molecule has 0 saturated heterocycles. The van der Waals surface area contributed by atoms with Crippen LogP contribution in [0, 0.1) is 5.82 Å². The first-order chi connectivity index (χ1) is 9.72. The molecule has 104 valence electrons. The molecule has 1 aromatic carbocycles. The normalized spacial score (nSPS) is 13.8. The molecular weight excluding hydrogens is 259 g/mol. The van der Waals surface area contributed by atoms with Gasteiger partial charge in [-0.3, -0.25) is 9.89 Å². The van der Waals surface area contributed by atoms with Crippen LogP contribution in [0.3, 0.4) is 0 Å². The van der Waals surface area contributed by atoms with Gasteiger partial charge in [-0.25, -0.2) is 4.39 Å². The summed E-state index contributed by atoms with van der Waals surface area (Å²) in [6.45, 7) is 1.63. The lowest BCUT2D eigenvalue weighted by atomic mass is 10.1. The lowest BCUT2D eigenvalue weighted by molar-refractivity contribution is -0.115. The summed E-state index contributed by atoms with van der Waals surface area (Å²) in [6.07, 6.45) is 1.05. The third kappa shape index (κ3) is 2.70. The molecule has 1 aliphatic heterocycles. The van der Waals surface area contributed by atoms with Crippen molar-refractivity contribution < 1.29 is 9.18 Å². The van der Waals surface area contributed by atoms with E-state index in [0.717, 1.165) is 36.3 Å². The zero-order valence-electron chi connectivity index (χ0n) is 10.9. The van der Waals surface area contributed by atoms with Gasteiger partial charge in [0.25, 0.3) is 0 Å². The highest BCUT2D eigenvalue weighted by Gasteiger charge is 2.17. The van der Waals surface area contributed by atoms with Gasteiger partial charge in [0, 0.05) is 12.1 Å². The summed E-state index contributed by atoms with van der Waals surface area (Å²) in [5.41, 5.74) is 2.86. The second-order valence-corrected chi connectivity index (χ2v) is 4.81. The van der Waals surface area contributed by atoms with Gasteiger partial charge in [-0.15, -0.1) is 0 Å². The number of carbonyl (C=O) groups is 1. The maximum absolute atomic E-state index is 12.8. The average molecular weight is 274 g/mol. The number of aromatic nitrogens is 2. The molecule has 20 heavy (non-hydrogen) atoms. The van der Waals surface area contributed by atoms with Crippen molar-refractivity contribution in [3.8, 4) is 0 Å². The number of anilines is 1. The standard InChI is InChI=1S/C14H15FN4O/c15-10-3-1-9(2-4-10)7-13(20)17-14-11-5-6-16-8-12(11)18-19-14/h1-4,16H,5-8H2,(H2,17,18,19,20). The van der Waals surface area contributed by atoms with E-state index in [9.17, 15) is 9.18 Å². The first-order valence-electron chi connectivity index (χ1n) is 6.53. The molecule has 0 saturated carbocycles. The summed E-state index contributed by atoms with van der Waals surface area (Å²) in [4.78, 5) is 12.0. The maximum atomic E-state index is 12.8. The fraction of sp³-hybridized carbons (Fsp3) is 0.286. The largest absolute Gasteiger partial charge is 0.311 e. The summed E-state index contributed by atoms with van der Waals surface area (Å²) >= 11 is 0. The number of carbonyl (C=O) groups excluding carboxylic acids is 1. The molecule has 0 aliphatic carbocycles. The minimum atomic E-state index is -0.303. The lowest BCUT2D eigenvalue weighted by Crippen LogP contribution is -2.24. The second kappa shape index (κ2) is 5.42. The quantitative estimate of drug-likeness (QED) is 0.792. The van der Waals surface area contributed by atoms with Crippen LogP contribution in [0.2, 0.25) is 0 Å². The molecule has 0 bridgehead atoms. The van der Waals surface area contributed by atoms with E-state index < -0.39 is 0 Å². The van der Waals surface area contributed by atoms with E-state index in [-0.39, 0.29) is 18.1 Å². The van der Waals surface area contributed by atoms with E-state index in [1.807, 2.05) is 0 Å². The van der Waals surface area contributed by atoms with Crippen LogP contribution in [0.1, 0.15) is 16.8 Å². The zero-order valence-corrected chi connectivity index (χ0v) is 10.9. The minimum absolute atomic E-state index is 0.149. The molecular formula is C14H15FN4O. The predicted octanol–water partition coefficient (Wildman–Crippen LogP) is 1.38. The molecule has 0 spiro atoms. The van der Waals surface area contributed by atoms with Crippen LogP contribution in [-0.4, -0.2) is 22.6 Å². The number of rotatable bonds is 3. The molecule has 3 rings (SSSR count). The van der Waals surface area contributed by atoms with Crippen LogP contribution in [0.4, 0.5) is 10.2 Å². The number of halogens is 1. The van der Waals surface area contributed by atoms with Crippen molar-refractivity contribution >= 4 is 11.7 Å². The van der Waals surface area contributed by atoms with Crippen LogP contribution in [0.25, 0.3) is 0 Å². The summed E-state index contributed by atoms with van der Waals surface area (Å²) in [6, 6.07) is 5.92. The van der Waals surface area contributed by atoms with Crippen molar-refractivity contribution in [1.29, 1.82) is 0 Å². The highest BCUT2D eigenvalue weighted by molar-refractivity contribution is 5.92. The summed E-state index contributed by atoms with van der Waals surface area (Å²) in [5.74, 6) is 0.154. The Balaban J connectivity index is 1.67. The highest BCUT2D eigenvalue weighted by Crippen LogP contribution is 2.20. The van der Waals surface area contributed by atoms with Gasteiger partial charge < -0.3 is 10.6 Å². The van der Waals surface area contributed by atoms with Gasteiger partial charge in [0.15, 0.2) is 5.82 Å². The average Bonchev–Trinajstić information content (AvgIpc) is 2.85. The smallest absolute Gasteiger partial charge is 0.230 e. The Hall–Kier alpha value is -2.21. The Morgan fingerprint density at radius 1 is 1.35 bits per heavy atom. The number of nitrogens with zero attached hydrogens (tertiary/aromatic N) is 1. The molecule has 0 atom stereocenters. The molecule has 2 aromatic rings. The summed E-state index contributed by atoms with van der Waals surface area (Å²) in [5, 5.41) is 13.1. The molecule has 0 fully saturated rings. The lowest BCUT2D eigenvalue weighted by Gasteiger charge is -2.13. The van der Waals surface area contributed by atoms with E-state index in [0.29, 0.717) is 5.82 Å². The van der Waals surface area contributed by atoms with Crippen LogP contribution in [0.15, 0.2) is 24.3 Å². The number of aromatic amines is 1. The Bertz CT molecular complexity index is 621. The van der Waals surface area contributed by atoms with Gasteiger partial charge in [-0.1, -0.05) is 12.1 Å². The van der Waals surface area contributed by atoms with Crippen molar-refractivity contribution in [2.45, 2.75) is 19.4 Å². The fourth-order valence-electron chi connectivity index (χ4n) is 2.31. The summed E-state index contributed by atoms with van der Waals surface area (Å²) in [7, 11) is 0. The van der Waals surface area contributed by atoms with E-state index in [4.69, 9.17) is 0 Å². The number of H-pyrrole nitrogens is 1. The van der Waals surface area contributed by atoms with E-state index in [1.165, 1.54) is 12.1 Å². The Morgan fingerprint density at radius 2 is 2.15 bits per heavy atom. The summed E-state index contributed by atoms with van der Waals surface area (Å²) < 4.78 is 12.8. The van der Waals surface area contributed by atoms with E-state index in [1.54, 1.807) is 12.1 Å². The maximum Gasteiger partial charge on any atom is 0.230 e. The van der Waals surface area contributed by atoms with Crippen LogP contribution in [0.5, 0.6) is 0 Å². The van der Waals surface area contributed by atoms with Crippen molar-refractivity contribution in [3.63, 3.8) is 0 Å². The van der Waals surface area contributed by atoms with Gasteiger partial charge in [0.2, 0.25) is 5.91 Å². The van der Waals surface area contributed by atoms with Crippen molar-refractivity contribution in [3.05, 3.63) is 46.9 Å². The van der Waals surface area contributed by atoms with Gasteiger partial charge >= 0.3 is 0 Å². The van der Waals surface area contributed by atoms with E-state index >= 15 is 0 Å². The Morgan fingerprint density at radius 3 is 2.95 bits per heavy atom. The van der Waals surface area contributed by atoms with E-state index in [2.05, 4.69) is 20.8 Å². The monoisotopic (exact) mass is 274 g/mol. The van der Waals surface area contributed by atoms with Crippen LogP contribution in [-0.2, 0) is 24.2 Å². The molecule has 6 heteroatoms. The van der Waals surface area contributed by atoms with Gasteiger partial charge in [-0.2, -0.15) is 5.10 Å².